The highest BCUT2D eigenvalue weighted by Crippen LogP contribution is 2.02. The van der Waals surface area contributed by atoms with E-state index in [2.05, 4.69) is 21.3 Å². The summed E-state index contributed by atoms with van der Waals surface area (Å²) in [7, 11) is 4.95. The number of nitrogens with one attached hydrogen (secondary N) is 4. The molecule has 7 heteroatoms. The van der Waals surface area contributed by atoms with Crippen molar-refractivity contribution < 1.29 is 14.4 Å². The molecule has 0 aromatic heterocycles. The van der Waals surface area contributed by atoms with Gasteiger partial charge < -0.3 is 21.3 Å². The van der Waals surface area contributed by atoms with Crippen LogP contribution in [0.15, 0.2) is 0 Å². The van der Waals surface area contributed by atoms with Crippen molar-refractivity contribution in [1.29, 1.82) is 0 Å². The van der Waals surface area contributed by atoms with Gasteiger partial charge in [0.1, 0.15) is 6.04 Å². The second kappa shape index (κ2) is 12.1. The maximum absolute atomic E-state index is 11.8. The van der Waals surface area contributed by atoms with Crippen LogP contribution in [0.3, 0.4) is 0 Å². The fourth-order valence-corrected chi connectivity index (χ4v) is 1.87. The standard InChI is InChI=1S/C14H28N4O3/c1-15-10-6-4-5-7-13(20)18-11(14(21)17-3)8-9-12(19)16-2/h11,15H,4-10H2,1-3H3,(H,16,19)(H,17,21)(H,18,20). The van der Waals surface area contributed by atoms with Crippen LogP contribution in [-0.4, -0.2) is 51.5 Å². The minimum atomic E-state index is -0.655. The summed E-state index contributed by atoms with van der Waals surface area (Å²) in [6.07, 6.45) is 3.69. The van der Waals surface area contributed by atoms with Crippen LogP contribution in [0.1, 0.15) is 38.5 Å². The van der Waals surface area contributed by atoms with E-state index in [0.29, 0.717) is 12.8 Å². The van der Waals surface area contributed by atoms with E-state index >= 15 is 0 Å². The Morgan fingerprint density at radius 3 is 2.14 bits per heavy atom. The van der Waals surface area contributed by atoms with Gasteiger partial charge in [0.05, 0.1) is 0 Å². The predicted octanol–water partition coefficient (Wildman–Crippen LogP) is -0.477. The van der Waals surface area contributed by atoms with Gasteiger partial charge in [-0.3, -0.25) is 14.4 Å². The van der Waals surface area contributed by atoms with Gasteiger partial charge in [-0.05, 0) is 32.9 Å². The second-order valence-corrected chi connectivity index (χ2v) is 4.86. The second-order valence-electron chi connectivity index (χ2n) is 4.86. The van der Waals surface area contributed by atoms with E-state index in [0.717, 1.165) is 25.8 Å². The molecule has 0 saturated heterocycles. The smallest absolute Gasteiger partial charge is 0.242 e. The van der Waals surface area contributed by atoms with E-state index in [-0.39, 0.29) is 24.1 Å². The van der Waals surface area contributed by atoms with Crippen LogP contribution in [0.5, 0.6) is 0 Å². The van der Waals surface area contributed by atoms with Gasteiger partial charge in [0.2, 0.25) is 17.7 Å². The van der Waals surface area contributed by atoms with Gasteiger partial charge >= 0.3 is 0 Å². The van der Waals surface area contributed by atoms with Gasteiger partial charge in [-0.2, -0.15) is 0 Å². The molecule has 0 heterocycles. The van der Waals surface area contributed by atoms with Crippen LogP contribution in [-0.2, 0) is 14.4 Å². The summed E-state index contributed by atoms with van der Waals surface area (Å²) in [5, 5.41) is 10.7. The van der Waals surface area contributed by atoms with Crippen LogP contribution in [0.2, 0.25) is 0 Å². The molecule has 0 spiro atoms. The third-order valence-electron chi connectivity index (χ3n) is 3.17. The predicted molar refractivity (Wildman–Crippen MR) is 81.7 cm³/mol. The highest BCUT2D eigenvalue weighted by atomic mass is 16.2. The largest absolute Gasteiger partial charge is 0.359 e. The first-order chi connectivity index (χ1) is 10.0. The first-order valence-corrected chi connectivity index (χ1v) is 7.41. The third-order valence-corrected chi connectivity index (χ3v) is 3.17. The van der Waals surface area contributed by atoms with Crippen molar-refractivity contribution in [3.8, 4) is 0 Å². The Kier molecular flexibility index (Phi) is 11.2. The lowest BCUT2D eigenvalue weighted by molar-refractivity contribution is -0.129. The van der Waals surface area contributed by atoms with Crippen LogP contribution >= 0.6 is 0 Å². The number of unbranched alkanes of at least 4 members (excludes halogenated alkanes) is 2. The number of likely N-dealkylation sites (N-methyl/N-ethyl adjacent to an activating group) is 1. The number of hydrogen-bond donors (Lipinski definition) is 4. The van der Waals surface area contributed by atoms with Crippen LogP contribution in [0.25, 0.3) is 0 Å². The van der Waals surface area contributed by atoms with E-state index in [4.69, 9.17) is 0 Å². The number of hydrogen-bond acceptors (Lipinski definition) is 4. The zero-order chi connectivity index (χ0) is 16.1. The summed E-state index contributed by atoms with van der Waals surface area (Å²) in [6, 6.07) is -0.655. The summed E-state index contributed by atoms with van der Waals surface area (Å²) >= 11 is 0. The molecule has 1 atom stereocenters. The molecule has 3 amide bonds. The normalized spacial score (nSPS) is 11.6. The molecule has 0 aliphatic heterocycles. The maximum Gasteiger partial charge on any atom is 0.242 e. The molecule has 0 aromatic rings. The molecular weight excluding hydrogens is 272 g/mol. The monoisotopic (exact) mass is 300 g/mol. The summed E-state index contributed by atoms with van der Waals surface area (Å²) < 4.78 is 0. The van der Waals surface area contributed by atoms with Gasteiger partial charge in [0.15, 0.2) is 0 Å². The summed E-state index contributed by atoms with van der Waals surface area (Å²) in [5.74, 6) is -0.572. The topological polar surface area (TPSA) is 99.3 Å². The maximum atomic E-state index is 11.8. The van der Waals surface area contributed by atoms with Gasteiger partial charge in [0.25, 0.3) is 0 Å². The Morgan fingerprint density at radius 1 is 0.857 bits per heavy atom. The average molecular weight is 300 g/mol. The van der Waals surface area contributed by atoms with Crippen molar-refractivity contribution in [2.24, 2.45) is 0 Å². The lowest BCUT2D eigenvalue weighted by atomic mass is 10.1. The van der Waals surface area contributed by atoms with E-state index in [1.54, 1.807) is 7.05 Å². The molecule has 1 unspecified atom stereocenters. The first kappa shape index (κ1) is 19.4. The van der Waals surface area contributed by atoms with Gasteiger partial charge in [-0.1, -0.05) is 6.42 Å². The van der Waals surface area contributed by atoms with Gasteiger partial charge in [0, 0.05) is 26.9 Å². The van der Waals surface area contributed by atoms with Crippen molar-refractivity contribution in [2.75, 3.05) is 27.7 Å². The number of carbonyl (C=O) groups excluding carboxylic acids is 3. The van der Waals surface area contributed by atoms with E-state index < -0.39 is 6.04 Å². The molecule has 7 nitrogen and oxygen atoms in total. The SMILES string of the molecule is CNCCCCCC(=O)NC(CCC(=O)NC)C(=O)NC. The lowest BCUT2D eigenvalue weighted by Gasteiger charge is -2.17. The molecule has 0 rings (SSSR count). The minimum Gasteiger partial charge on any atom is -0.359 e. The average Bonchev–Trinajstić information content (AvgIpc) is 2.49. The van der Waals surface area contributed by atoms with E-state index in [1.807, 2.05) is 7.05 Å². The van der Waals surface area contributed by atoms with Crippen molar-refractivity contribution >= 4 is 17.7 Å². The fourth-order valence-electron chi connectivity index (χ4n) is 1.87. The fraction of sp³-hybridized carbons (Fsp3) is 0.786. The zero-order valence-electron chi connectivity index (χ0n) is 13.3. The molecule has 21 heavy (non-hydrogen) atoms. The Morgan fingerprint density at radius 2 is 1.57 bits per heavy atom. The molecule has 0 bridgehead atoms. The lowest BCUT2D eigenvalue weighted by Crippen LogP contribution is -2.46. The van der Waals surface area contributed by atoms with Crippen LogP contribution < -0.4 is 21.3 Å². The van der Waals surface area contributed by atoms with Crippen molar-refractivity contribution in [2.45, 2.75) is 44.6 Å². The Hall–Kier alpha value is -1.63. The van der Waals surface area contributed by atoms with Crippen molar-refractivity contribution in [1.82, 2.24) is 21.3 Å². The van der Waals surface area contributed by atoms with Gasteiger partial charge in [-0.25, -0.2) is 0 Å². The summed E-state index contributed by atoms with van der Waals surface area (Å²) in [5.41, 5.74) is 0. The number of amides is 3. The van der Waals surface area contributed by atoms with Crippen molar-refractivity contribution in [3.63, 3.8) is 0 Å². The number of rotatable bonds is 11. The third kappa shape index (κ3) is 9.84. The molecule has 0 aliphatic carbocycles. The first-order valence-electron chi connectivity index (χ1n) is 7.41. The Labute approximate surface area is 126 Å². The summed E-state index contributed by atoms with van der Waals surface area (Å²) in [6.45, 7) is 0.939. The van der Waals surface area contributed by atoms with Crippen LogP contribution in [0.4, 0.5) is 0 Å². The summed E-state index contributed by atoms with van der Waals surface area (Å²) in [4.78, 5) is 34.7. The molecular formula is C14H28N4O3. The highest BCUT2D eigenvalue weighted by molar-refractivity contribution is 5.88. The van der Waals surface area contributed by atoms with Gasteiger partial charge in [-0.15, -0.1) is 0 Å². The van der Waals surface area contributed by atoms with E-state index in [9.17, 15) is 14.4 Å². The molecule has 0 aromatic carbocycles. The minimum absolute atomic E-state index is 0.148. The molecule has 122 valence electrons. The molecule has 4 N–H and O–H groups in total. The molecule has 0 saturated carbocycles. The highest BCUT2D eigenvalue weighted by Gasteiger charge is 2.20. The Bertz CT molecular complexity index is 334. The number of carbonyl (C=O) groups is 3. The van der Waals surface area contributed by atoms with E-state index in [1.165, 1.54) is 7.05 Å². The van der Waals surface area contributed by atoms with Crippen molar-refractivity contribution in [3.05, 3.63) is 0 Å². The molecule has 0 radical (unpaired) electrons. The molecule has 0 fully saturated rings. The van der Waals surface area contributed by atoms with Crippen LogP contribution in [0, 0.1) is 0 Å². The Balaban J connectivity index is 4.11. The zero-order valence-corrected chi connectivity index (χ0v) is 13.3. The molecule has 0 aliphatic rings. The quantitative estimate of drug-likeness (QED) is 0.387.